The summed E-state index contributed by atoms with van der Waals surface area (Å²) in [7, 11) is 2.03. The Kier molecular flexibility index (Phi) is 2.38. The SMILES string of the molecule is CCN(C)c1coc(Br)c1. The first kappa shape index (κ1) is 7.66. The molecule has 0 atom stereocenters. The van der Waals surface area contributed by atoms with Crippen LogP contribution in [0.4, 0.5) is 5.69 Å². The summed E-state index contributed by atoms with van der Waals surface area (Å²) in [4.78, 5) is 2.11. The van der Waals surface area contributed by atoms with Crippen molar-refractivity contribution in [3.8, 4) is 0 Å². The largest absolute Gasteiger partial charge is 0.455 e. The molecule has 0 bridgehead atoms. The molecule has 0 saturated heterocycles. The van der Waals surface area contributed by atoms with E-state index in [4.69, 9.17) is 4.42 Å². The second kappa shape index (κ2) is 3.10. The molecule has 0 spiro atoms. The number of hydrogen-bond acceptors (Lipinski definition) is 2. The minimum absolute atomic E-state index is 0.780. The fourth-order valence-corrected chi connectivity index (χ4v) is 1.01. The predicted octanol–water partition coefficient (Wildman–Crippen LogP) is 2.50. The van der Waals surface area contributed by atoms with Crippen molar-refractivity contribution in [2.24, 2.45) is 0 Å². The Hall–Kier alpha value is -0.440. The molecular formula is C7H10BrNO. The smallest absolute Gasteiger partial charge is 0.171 e. The van der Waals surface area contributed by atoms with Crippen LogP contribution in [0.15, 0.2) is 21.4 Å². The van der Waals surface area contributed by atoms with E-state index in [1.807, 2.05) is 13.1 Å². The third-order valence-electron chi connectivity index (χ3n) is 1.47. The molecule has 0 aliphatic rings. The van der Waals surface area contributed by atoms with E-state index >= 15 is 0 Å². The molecule has 1 aromatic rings. The summed E-state index contributed by atoms with van der Waals surface area (Å²) in [5, 5.41) is 0. The van der Waals surface area contributed by atoms with Crippen molar-refractivity contribution in [1.29, 1.82) is 0 Å². The van der Waals surface area contributed by atoms with Gasteiger partial charge in [0.1, 0.15) is 6.26 Å². The highest BCUT2D eigenvalue weighted by Crippen LogP contribution is 2.20. The van der Waals surface area contributed by atoms with Crippen LogP contribution >= 0.6 is 15.9 Å². The average Bonchev–Trinajstić information content (AvgIpc) is 2.34. The van der Waals surface area contributed by atoms with Crippen molar-refractivity contribution in [2.45, 2.75) is 6.92 Å². The fourth-order valence-electron chi connectivity index (χ4n) is 0.684. The molecule has 1 heterocycles. The molecule has 0 aromatic carbocycles. The van der Waals surface area contributed by atoms with Crippen molar-refractivity contribution >= 4 is 21.6 Å². The van der Waals surface area contributed by atoms with Gasteiger partial charge in [0.25, 0.3) is 0 Å². The zero-order valence-electron chi connectivity index (χ0n) is 6.10. The van der Waals surface area contributed by atoms with Crippen LogP contribution < -0.4 is 4.90 Å². The molecule has 0 aliphatic heterocycles. The van der Waals surface area contributed by atoms with Gasteiger partial charge in [-0.25, -0.2) is 0 Å². The van der Waals surface area contributed by atoms with E-state index in [1.54, 1.807) is 6.26 Å². The van der Waals surface area contributed by atoms with E-state index < -0.39 is 0 Å². The van der Waals surface area contributed by atoms with Crippen molar-refractivity contribution in [3.63, 3.8) is 0 Å². The summed E-state index contributed by atoms with van der Waals surface area (Å²) in [6.45, 7) is 3.09. The van der Waals surface area contributed by atoms with E-state index in [0.717, 1.165) is 16.9 Å². The molecule has 0 amide bonds. The van der Waals surface area contributed by atoms with Gasteiger partial charge in [-0.3, -0.25) is 0 Å². The summed E-state index contributed by atoms with van der Waals surface area (Å²) in [5.74, 6) is 0. The molecule has 0 saturated carbocycles. The maximum atomic E-state index is 5.06. The van der Waals surface area contributed by atoms with Gasteiger partial charge in [0.05, 0.1) is 5.69 Å². The van der Waals surface area contributed by atoms with Gasteiger partial charge in [0, 0.05) is 19.7 Å². The first-order valence-corrected chi connectivity index (χ1v) is 3.98. The third kappa shape index (κ3) is 1.53. The molecule has 0 aliphatic carbocycles. The Morgan fingerprint density at radius 1 is 1.70 bits per heavy atom. The van der Waals surface area contributed by atoms with E-state index in [-0.39, 0.29) is 0 Å². The molecular weight excluding hydrogens is 194 g/mol. The predicted molar refractivity (Wildman–Crippen MR) is 45.4 cm³/mol. The number of furan rings is 1. The lowest BCUT2D eigenvalue weighted by Crippen LogP contribution is -2.14. The van der Waals surface area contributed by atoms with E-state index in [0.29, 0.717) is 0 Å². The summed E-state index contributed by atoms with van der Waals surface area (Å²) in [6.07, 6.45) is 1.73. The molecule has 1 aromatic heterocycles. The average molecular weight is 204 g/mol. The van der Waals surface area contributed by atoms with Gasteiger partial charge in [-0.2, -0.15) is 0 Å². The number of hydrogen-bond donors (Lipinski definition) is 0. The maximum absolute atomic E-state index is 5.06. The minimum atomic E-state index is 0.780. The van der Waals surface area contributed by atoms with E-state index in [9.17, 15) is 0 Å². The molecule has 0 fully saturated rings. The molecule has 0 N–H and O–H groups in total. The van der Waals surface area contributed by atoms with Crippen molar-refractivity contribution in [3.05, 3.63) is 17.0 Å². The van der Waals surface area contributed by atoms with Crippen LogP contribution in [-0.2, 0) is 0 Å². The van der Waals surface area contributed by atoms with Crippen LogP contribution in [0, 0.1) is 0 Å². The standard InChI is InChI=1S/C7H10BrNO/c1-3-9(2)6-4-7(8)10-5-6/h4-5H,3H2,1-2H3. The first-order chi connectivity index (χ1) is 4.74. The normalized spacial score (nSPS) is 9.90. The molecule has 3 heteroatoms. The summed E-state index contributed by atoms with van der Waals surface area (Å²) >= 11 is 3.24. The summed E-state index contributed by atoms with van der Waals surface area (Å²) < 4.78 is 5.84. The van der Waals surface area contributed by atoms with Gasteiger partial charge < -0.3 is 9.32 Å². The van der Waals surface area contributed by atoms with Crippen LogP contribution in [0.1, 0.15) is 6.92 Å². The highest BCUT2D eigenvalue weighted by molar-refractivity contribution is 9.10. The first-order valence-electron chi connectivity index (χ1n) is 3.19. The lowest BCUT2D eigenvalue weighted by Gasteiger charge is -2.12. The van der Waals surface area contributed by atoms with Gasteiger partial charge >= 0.3 is 0 Å². The van der Waals surface area contributed by atoms with E-state index in [1.165, 1.54) is 0 Å². The lowest BCUT2D eigenvalue weighted by atomic mass is 10.4. The number of halogens is 1. The second-order valence-electron chi connectivity index (χ2n) is 2.12. The quantitative estimate of drug-likeness (QED) is 0.735. The van der Waals surface area contributed by atoms with Crippen molar-refractivity contribution < 1.29 is 4.42 Å². The number of nitrogens with zero attached hydrogens (tertiary/aromatic N) is 1. The summed E-state index contributed by atoms with van der Waals surface area (Å²) in [5.41, 5.74) is 1.11. The van der Waals surface area contributed by atoms with Crippen LogP contribution in [0.3, 0.4) is 0 Å². The zero-order valence-corrected chi connectivity index (χ0v) is 7.68. The van der Waals surface area contributed by atoms with Crippen LogP contribution in [0.2, 0.25) is 0 Å². The Bertz CT molecular complexity index is 209. The minimum Gasteiger partial charge on any atom is -0.455 e. The zero-order chi connectivity index (χ0) is 7.56. The fraction of sp³-hybridized carbons (Fsp3) is 0.429. The monoisotopic (exact) mass is 203 g/mol. The van der Waals surface area contributed by atoms with E-state index in [2.05, 4.69) is 27.8 Å². The number of anilines is 1. The maximum Gasteiger partial charge on any atom is 0.171 e. The van der Waals surface area contributed by atoms with Gasteiger partial charge in [0.2, 0.25) is 0 Å². The van der Waals surface area contributed by atoms with Crippen molar-refractivity contribution in [1.82, 2.24) is 0 Å². The van der Waals surface area contributed by atoms with Crippen LogP contribution in [0.5, 0.6) is 0 Å². The Labute approximate surface area is 68.9 Å². The molecule has 2 nitrogen and oxygen atoms in total. The summed E-state index contributed by atoms with van der Waals surface area (Å²) in [6, 6.07) is 1.95. The molecule has 0 unspecified atom stereocenters. The van der Waals surface area contributed by atoms with Crippen molar-refractivity contribution in [2.75, 3.05) is 18.5 Å². The molecule has 10 heavy (non-hydrogen) atoms. The second-order valence-corrected chi connectivity index (χ2v) is 2.90. The van der Waals surface area contributed by atoms with Gasteiger partial charge in [-0.05, 0) is 22.9 Å². The van der Waals surface area contributed by atoms with Crippen LogP contribution in [-0.4, -0.2) is 13.6 Å². The lowest BCUT2D eigenvalue weighted by molar-refractivity contribution is 0.541. The highest BCUT2D eigenvalue weighted by Gasteiger charge is 2.00. The molecule has 0 radical (unpaired) electrons. The highest BCUT2D eigenvalue weighted by atomic mass is 79.9. The van der Waals surface area contributed by atoms with Crippen LogP contribution in [0.25, 0.3) is 0 Å². The molecule has 1 rings (SSSR count). The van der Waals surface area contributed by atoms with Gasteiger partial charge in [0.15, 0.2) is 4.67 Å². The topological polar surface area (TPSA) is 16.4 Å². The van der Waals surface area contributed by atoms with Gasteiger partial charge in [-0.1, -0.05) is 0 Å². The Balaban J connectivity index is 2.74. The Morgan fingerprint density at radius 2 is 2.40 bits per heavy atom. The Morgan fingerprint density at radius 3 is 2.80 bits per heavy atom. The van der Waals surface area contributed by atoms with Gasteiger partial charge in [-0.15, -0.1) is 0 Å². The molecule has 56 valence electrons. The number of rotatable bonds is 2. The third-order valence-corrected chi connectivity index (χ3v) is 1.88.